The summed E-state index contributed by atoms with van der Waals surface area (Å²) in [5.74, 6) is -1.48. The van der Waals surface area contributed by atoms with Crippen molar-refractivity contribution in [2.75, 3.05) is 13.7 Å². The molecule has 0 saturated heterocycles. The molecule has 0 aromatic carbocycles. The molecule has 2 aromatic heterocycles. The highest BCUT2D eigenvalue weighted by Crippen LogP contribution is 2.43. The van der Waals surface area contributed by atoms with Gasteiger partial charge in [0.1, 0.15) is 11.9 Å². The molecular weight excluding hydrogens is 404 g/mol. The Balaban J connectivity index is 1.87. The Bertz CT molecular complexity index is 1150. The minimum Gasteiger partial charge on any atom is -0.466 e. The van der Waals surface area contributed by atoms with Gasteiger partial charge in [0.15, 0.2) is 0 Å². The fourth-order valence-electron chi connectivity index (χ4n) is 3.57. The second-order valence-corrected chi connectivity index (χ2v) is 8.18. The molecule has 2 aliphatic rings. The molecule has 1 fully saturated rings. The van der Waals surface area contributed by atoms with Crippen molar-refractivity contribution in [3.05, 3.63) is 51.4 Å². The van der Waals surface area contributed by atoms with E-state index in [0.29, 0.717) is 39.6 Å². The fourth-order valence-corrected chi connectivity index (χ4v) is 4.59. The van der Waals surface area contributed by atoms with Crippen molar-refractivity contribution in [3.63, 3.8) is 0 Å². The van der Waals surface area contributed by atoms with Gasteiger partial charge >= 0.3 is 11.9 Å². The van der Waals surface area contributed by atoms with E-state index in [9.17, 15) is 14.9 Å². The molecule has 1 atom stereocenters. The molecule has 4 rings (SSSR count). The van der Waals surface area contributed by atoms with Gasteiger partial charge in [-0.15, -0.1) is 11.3 Å². The molecular formula is C21H20N4O4S. The minimum absolute atomic E-state index is 0.127. The molecule has 0 spiro atoms. The highest BCUT2D eigenvalue weighted by atomic mass is 32.1. The summed E-state index contributed by atoms with van der Waals surface area (Å²) in [5.41, 5.74) is 8.71. The van der Waals surface area contributed by atoms with Gasteiger partial charge in [-0.3, -0.25) is 4.98 Å². The van der Waals surface area contributed by atoms with Crippen molar-refractivity contribution in [2.24, 2.45) is 11.7 Å². The minimum atomic E-state index is -0.819. The van der Waals surface area contributed by atoms with Gasteiger partial charge in [0, 0.05) is 17.5 Å². The number of ether oxygens (including phenoxy) is 2. The molecule has 1 unspecified atom stereocenters. The van der Waals surface area contributed by atoms with Crippen molar-refractivity contribution < 1.29 is 19.1 Å². The van der Waals surface area contributed by atoms with Crippen LogP contribution in [0.3, 0.4) is 0 Å². The number of carbonyl (C=O) groups is 2. The largest absolute Gasteiger partial charge is 0.466 e. The highest BCUT2D eigenvalue weighted by Gasteiger charge is 2.40. The molecule has 1 aliphatic heterocycles. The maximum atomic E-state index is 13.0. The van der Waals surface area contributed by atoms with E-state index >= 15 is 0 Å². The normalized spacial score (nSPS) is 18.8. The SMILES string of the molecule is COC(=O)C1=C(C)NC(N)=C(C(=O)OCC2CC2)C1c1csc2c(C#N)ccnc12. The molecule has 0 amide bonds. The first kappa shape index (κ1) is 19.9. The number of esters is 2. The summed E-state index contributed by atoms with van der Waals surface area (Å²) in [6, 6.07) is 3.78. The number of rotatable bonds is 5. The zero-order valence-electron chi connectivity index (χ0n) is 16.5. The van der Waals surface area contributed by atoms with Crippen LogP contribution in [0.1, 0.15) is 36.8 Å². The number of aromatic nitrogens is 1. The van der Waals surface area contributed by atoms with Crippen LogP contribution in [0.5, 0.6) is 0 Å². The molecule has 3 heterocycles. The van der Waals surface area contributed by atoms with Crippen LogP contribution in [0, 0.1) is 17.2 Å². The maximum Gasteiger partial charge on any atom is 0.338 e. The molecule has 0 bridgehead atoms. The zero-order valence-corrected chi connectivity index (χ0v) is 17.3. The van der Waals surface area contributed by atoms with Crippen LogP contribution in [0.15, 0.2) is 40.3 Å². The number of carbonyl (C=O) groups excluding carboxylic acids is 2. The van der Waals surface area contributed by atoms with Gasteiger partial charge in [-0.25, -0.2) is 9.59 Å². The summed E-state index contributed by atoms with van der Waals surface area (Å²) < 4.78 is 11.2. The van der Waals surface area contributed by atoms with Gasteiger partial charge in [0.25, 0.3) is 0 Å². The summed E-state index contributed by atoms with van der Waals surface area (Å²) in [6.07, 6.45) is 3.60. The number of nitrogens with one attached hydrogen (secondary N) is 1. The third kappa shape index (κ3) is 3.39. The molecule has 1 aliphatic carbocycles. The van der Waals surface area contributed by atoms with E-state index in [-0.39, 0.29) is 17.0 Å². The standard InChI is InChI=1S/C21H20N4O4S/c1-10-14(20(26)28-2)15(13-9-30-18-12(7-22)5-6-24-17(13)18)16(19(23)25-10)21(27)29-8-11-3-4-11/h5-6,9,11,15,25H,3-4,8,23H2,1-2H3. The van der Waals surface area contributed by atoms with E-state index in [1.54, 1.807) is 18.4 Å². The van der Waals surface area contributed by atoms with Crippen molar-refractivity contribution in [1.29, 1.82) is 5.26 Å². The summed E-state index contributed by atoms with van der Waals surface area (Å²) in [5, 5.41) is 14.1. The Morgan fingerprint density at radius 2 is 2.13 bits per heavy atom. The van der Waals surface area contributed by atoms with Gasteiger partial charge in [0.05, 0.1) is 46.6 Å². The van der Waals surface area contributed by atoms with Gasteiger partial charge in [-0.1, -0.05) is 0 Å². The Hall–Kier alpha value is -3.38. The average Bonchev–Trinajstić information content (AvgIpc) is 3.47. The number of fused-ring (bicyclic) bond motifs is 1. The summed E-state index contributed by atoms with van der Waals surface area (Å²) >= 11 is 1.33. The number of dihydropyridines is 1. The van der Waals surface area contributed by atoms with E-state index < -0.39 is 17.9 Å². The number of nitrogens with two attached hydrogens (primary N) is 1. The number of hydrogen-bond donors (Lipinski definition) is 2. The van der Waals surface area contributed by atoms with Crippen LogP contribution in [0.25, 0.3) is 10.2 Å². The number of thiophene rings is 1. The van der Waals surface area contributed by atoms with Crippen molar-refractivity contribution in [3.8, 4) is 6.07 Å². The Morgan fingerprint density at radius 3 is 2.80 bits per heavy atom. The van der Waals surface area contributed by atoms with Gasteiger partial charge in [0.2, 0.25) is 0 Å². The number of nitrogens with zero attached hydrogens (tertiary/aromatic N) is 2. The average molecular weight is 424 g/mol. The van der Waals surface area contributed by atoms with E-state index in [1.807, 2.05) is 0 Å². The van der Waals surface area contributed by atoms with Gasteiger partial charge in [-0.05, 0) is 37.1 Å². The van der Waals surface area contributed by atoms with E-state index in [4.69, 9.17) is 15.2 Å². The lowest BCUT2D eigenvalue weighted by molar-refractivity contribution is -0.140. The first-order chi connectivity index (χ1) is 14.5. The molecule has 0 radical (unpaired) electrons. The molecule has 1 saturated carbocycles. The predicted molar refractivity (Wildman–Crippen MR) is 110 cm³/mol. The lowest BCUT2D eigenvalue weighted by Gasteiger charge is -2.29. The number of allylic oxidation sites excluding steroid dienone is 1. The van der Waals surface area contributed by atoms with Crippen LogP contribution in [0.2, 0.25) is 0 Å². The first-order valence-corrected chi connectivity index (χ1v) is 10.3. The predicted octanol–water partition coefficient (Wildman–Crippen LogP) is 2.43. The van der Waals surface area contributed by atoms with Gasteiger partial charge in [-0.2, -0.15) is 5.26 Å². The molecule has 30 heavy (non-hydrogen) atoms. The van der Waals surface area contributed by atoms with Crippen molar-refractivity contribution in [2.45, 2.75) is 25.7 Å². The molecule has 2 aromatic rings. The monoisotopic (exact) mass is 424 g/mol. The Kier molecular flexibility index (Phi) is 5.18. The van der Waals surface area contributed by atoms with Crippen molar-refractivity contribution in [1.82, 2.24) is 10.3 Å². The van der Waals surface area contributed by atoms with Crippen molar-refractivity contribution >= 4 is 33.5 Å². The third-order valence-corrected chi connectivity index (χ3v) is 6.30. The Labute approximate surface area is 177 Å². The number of methoxy groups -OCH3 is 1. The highest BCUT2D eigenvalue weighted by molar-refractivity contribution is 7.17. The van der Waals surface area contributed by atoms with Crippen LogP contribution in [0.4, 0.5) is 0 Å². The Morgan fingerprint density at radius 1 is 1.37 bits per heavy atom. The summed E-state index contributed by atoms with van der Waals surface area (Å²) in [6.45, 7) is 2.01. The van der Waals surface area contributed by atoms with Gasteiger partial charge < -0.3 is 20.5 Å². The molecule has 9 heteroatoms. The smallest absolute Gasteiger partial charge is 0.338 e. The van der Waals surface area contributed by atoms with E-state index in [2.05, 4.69) is 16.4 Å². The summed E-state index contributed by atoms with van der Waals surface area (Å²) in [7, 11) is 1.28. The zero-order chi connectivity index (χ0) is 21.4. The topological polar surface area (TPSA) is 127 Å². The second-order valence-electron chi connectivity index (χ2n) is 7.30. The number of pyridine rings is 1. The lowest BCUT2D eigenvalue weighted by Crippen LogP contribution is -2.36. The number of nitriles is 1. The third-order valence-electron chi connectivity index (χ3n) is 5.28. The van der Waals surface area contributed by atoms with Crippen LogP contribution < -0.4 is 11.1 Å². The molecule has 3 N–H and O–H groups in total. The van der Waals surface area contributed by atoms with E-state index in [0.717, 1.165) is 12.8 Å². The van der Waals surface area contributed by atoms with E-state index in [1.165, 1.54) is 24.6 Å². The van der Waals surface area contributed by atoms with Crippen LogP contribution >= 0.6 is 11.3 Å². The summed E-state index contributed by atoms with van der Waals surface area (Å²) in [4.78, 5) is 30.1. The fraction of sp³-hybridized carbons (Fsp3) is 0.333. The molecule has 154 valence electrons. The van der Waals surface area contributed by atoms with Crippen LogP contribution in [-0.4, -0.2) is 30.6 Å². The molecule has 8 nitrogen and oxygen atoms in total. The first-order valence-electron chi connectivity index (χ1n) is 9.45. The maximum absolute atomic E-state index is 13.0. The second kappa shape index (κ2) is 7.80. The quantitative estimate of drug-likeness (QED) is 0.701. The van der Waals surface area contributed by atoms with Crippen LogP contribution in [-0.2, 0) is 19.1 Å². The number of hydrogen-bond acceptors (Lipinski definition) is 9. The lowest BCUT2D eigenvalue weighted by atomic mass is 9.82.